The molecule has 0 radical (unpaired) electrons. The maximum atomic E-state index is 14.0. The summed E-state index contributed by atoms with van der Waals surface area (Å²) in [4.78, 5) is 6.89. The highest BCUT2D eigenvalue weighted by atomic mass is 127. The van der Waals surface area contributed by atoms with Crippen molar-refractivity contribution in [2.75, 3.05) is 26.2 Å². The lowest BCUT2D eigenvalue weighted by Gasteiger charge is -2.21. The van der Waals surface area contributed by atoms with Crippen LogP contribution in [0.1, 0.15) is 51.7 Å². The number of nitrogens with one attached hydrogen (secondary N) is 2. The number of hydrogen-bond donors (Lipinski definition) is 2. The normalized spacial score (nSPS) is 12.3. The molecule has 1 atom stereocenters. The van der Waals surface area contributed by atoms with E-state index in [-0.39, 0.29) is 36.6 Å². The molecule has 0 aromatic heterocycles. The molecule has 152 valence electrons. The van der Waals surface area contributed by atoms with E-state index < -0.39 is 5.82 Å². The molecule has 0 aliphatic rings. The lowest BCUT2D eigenvalue weighted by atomic mass is 10.1. The van der Waals surface area contributed by atoms with Gasteiger partial charge in [0, 0.05) is 18.2 Å². The Morgan fingerprint density at radius 1 is 1.30 bits per heavy atom. The van der Waals surface area contributed by atoms with Gasteiger partial charge in [-0.05, 0) is 58.5 Å². The second kappa shape index (κ2) is 14.6. The van der Waals surface area contributed by atoms with Crippen LogP contribution >= 0.6 is 24.0 Å². The smallest absolute Gasteiger partial charge is 0.191 e. The molecular weight excluding hydrogens is 456 g/mol. The van der Waals surface area contributed by atoms with E-state index >= 15 is 0 Å². The van der Waals surface area contributed by atoms with Crippen molar-refractivity contribution < 1.29 is 4.39 Å². The van der Waals surface area contributed by atoms with Crippen molar-refractivity contribution in [2.24, 2.45) is 4.99 Å². The minimum atomic E-state index is -0.393. The van der Waals surface area contributed by atoms with Crippen molar-refractivity contribution in [1.29, 1.82) is 5.26 Å². The Bertz CT molecular complexity index is 611. The number of benzene rings is 1. The lowest BCUT2D eigenvalue weighted by Crippen LogP contribution is -2.42. The zero-order valence-electron chi connectivity index (χ0n) is 16.9. The summed E-state index contributed by atoms with van der Waals surface area (Å²) in [5, 5.41) is 15.4. The second-order valence-electron chi connectivity index (χ2n) is 6.33. The molecule has 0 saturated carbocycles. The van der Waals surface area contributed by atoms with Crippen molar-refractivity contribution in [1.82, 2.24) is 15.5 Å². The molecule has 0 saturated heterocycles. The van der Waals surface area contributed by atoms with Gasteiger partial charge < -0.3 is 15.5 Å². The first-order chi connectivity index (χ1) is 12.5. The Labute approximate surface area is 180 Å². The van der Waals surface area contributed by atoms with Crippen LogP contribution in [0.15, 0.2) is 23.2 Å². The summed E-state index contributed by atoms with van der Waals surface area (Å²) in [7, 11) is 0. The summed E-state index contributed by atoms with van der Waals surface area (Å²) >= 11 is 0. The molecule has 7 heteroatoms. The van der Waals surface area contributed by atoms with E-state index in [1.807, 2.05) is 13.0 Å². The molecule has 1 aromatic carbocycles. The van der Waals surface area contributed by atoms with Crippen LogP contribution in [0.5, 0.6) is 0 Å². The maximum absolute atomic E-state index is 14.0. The minimum Gasteiger partial charge on any atom is -0.357 e. The number of hydrogen-bond acceptors (Lipinski definition) is 3. The van der Waals surface area contributed by atoms with Gasteiger partial charge in [0.05, 0.1) is 18.2 Å². The average Bonchev–Trinajstić information content (AvgIpc) is 2.64. The van der Waals surface area contributed by atoms with Gasteiger partial charge in [0.25, 0.3) is 0 Å². The Morgan fingerprint density at radius 3 is 2.56 bits per heavy atom. The fraction of sp³-hybridized carbons (Fsp3) is 0.600. The van der Waals surface area contributed by atoms with Crippen molar-refractivity contribution in [3.8, 4) is 6.07 Å². The summed E-state index contributed by atoms with van der Waals surface area (Å²) in [6.07, 6.45) is 2.17. The minimum absolute atomic E-state index is 0. The number of halogens is 2. The van der Waals surface area contributed by atoms with Gasteiger partial charge in [-0.2, -0.15) is 5.26 Å². The number of rotatable bonds is 10. The van der Waals surface area contributed by atoms with E-state index in [0.29, 0.717) is 17.1 Å². The van der Waals surface area contributed by atoms with Gasteiger partial charge in [0.15, 0.2) is 5.96 Å². The summed E-state index contributed by atoms with van der Waals surface area (Å²) in [6, 6.07) is 6.71. The van der Waals surface area contributed by atoms with Crippen molar-refractivity contribution in [3.63, 3.8) is 0 Å². The van der Waals surface area contributed by atoms with Crippen LogP contribution in [-0.2, 0) is 6.54 Å². The van der Waals surface area contributed by atoms with Gasteiger partial charge in [-0.15, -0.1) is 24.0 Å². The largest absolute Gasteiger partial charge is 0.357 e. The first kappa shape index (κ1) is 25.6. The fourth-order valence-corrected chi connectivity index (χ4v) is 2.70. The zero-order chi connectivity index (χ0) is 19.4. The number of nitrogens with zero attached hydrogens (tertiary/aromatic N) is 3. The molecule has 1 rings (SSSR count). The molecule has 2 N–H and O–H groups in total. The third-order valence-corrected chi connectivity index (χ3v) is 4.32. The molecule has 0 fully saturated rings. The number of nitriles is 1. The third-order valence-electron chi connectivity index (χ3n) is 4.32. The van der Waals surface area contributed by atoms with E-state index in [0.717, 1.165) is 39.0 Å². The zero-order valence-corrected chi connectivity index (χ0v) is 19.2. The van der Waals surface area contributed by atoms with Crippen LogP contribution in [0.3, 0.4) is 0 Å². The van der Waals surface area contributed by atoms with Gasteiger partial charge in [-0.1, -0.05) is 19.9 Å². The Balaban J connectivity index is 0.00000676. The topological polar surface area (TPSA) is 63.5 Å². The van der Waals surface area contributed by atoms with Crippen LogP contribution in [0.25, 0.3) is 0 Å². The lowest BCUT2D eigenvalue weighted by molar-refractivity contribution is 0.292. The maximum Gasteiger partial charge on any atom is 0.191 e. The van der Waals surface area contributed by atoms with Crippen LogP contribution in [0, 0.1) is 17.1 Å². The molecule has 0 bridgehead atoms. The van der Waals surface area contributed by atoms with Gasteiger partial charge in [-0.3, -0.25) is 0 Å². The quantitative estimate of drug-likeness (QED) is 0.298. The molecule has 0 aliphatic carbocycles. The van der Waals surface area contributed by atoms with Crippen molar-refractivity contribution >= 4 is 29.9 Å². The summed E-state index contributed by atoms with van der Waals surface area (Å²) in [5.41, 5.74) is 0.803. The van der Waals surface area contributed by atoms with Gasteiger partial charge in [-0.25, -0.2) is 9.38 Å². The summed E-state index contributed by atoms with van der Waals surface area (Å²) in [5.74, 6) is 0.294. The molecule has 0 amide bonds. The third kappa shape index (κ3) is 9.91. The van der Waals surface area contributed by atoms with Gasteiger partial charge in [0.1, 0.15) is 5.82 Å². The predicted octanol–water partition coefficient (Wildman–Crippen LogP) is 3.88. The first-order valence-electron chi connectivity index (χ1n) is 9.49. The highest BCUT2D eigenvalue weighted by Crippen LogP contribution is 2.11. The average molecular weight is 489 g/mol. The number of aliphatic imine (C=N–C) groups is 1. The molecular formula is C20H33FIN5. The Kier molecular flexibility index (Phi) is 13.9. The Morgan fingerprint density at radius 2 is 2.00 bits per heavy atom. The van der Waals surface area contributed by atoms with E-state index in [1.54, 1.807) is 12.1 Å². The predicted molar refractivity (Wildman–Crippen MR) is 121 cm³/mol. The summed E-state index contributed by atoms with van der Waals surface area (Å²) < 4.78 is 14.0. The van der Waals surface area contributed by atoms with Crippen LogP contribution in [0.2, 0.25) is 0 Å². The molecule has 0 heterocycles. The first-order valence-corrected chi connectivity index (χ1v) is 9.49. The van der Waals surface area contributed by atoms with Gasteiger partial charge >= 0.3 is 0 Å². The van der Waals surface area contributed by atoms with Gasteiger partial charge in [0.2, 0.25) is 0 Å². The molecule has 27 heavy (non-hydrogen) atoms. The molecule has 0 spiro atoms. The van der Waals surface area contributed by atoms with Crippen LogP contribution < -0.4 is 10.6 Å². The second-order valence-corrected chi connectivity index (χ2v) is 6.33. The molecule has 1 aromatic rings. The SMILES string of the molecule is CCNC(=NCc1ccc(C#N)cc1F)NC(C)CCCN(CC)CC.I. The standard InChI is InChI=1S/C20H32FN5.HI/c1-5-23-20(25-16(4)9-8-12-26(6-2)7-3)24-15-18-11-10-17(14-22)13-19(18)21;/h10-11,13,16H,5-9,12,15H2,1-4H3,(H2,23,24,25);1H. The van der Waals surface area contributed by atoms with Crippen LogP contribution in [0.4, 0.5) is 4.39 Å². The van der Waals surface area contributed by atoms with Crippen molar-refractivity contribution in [2.45, 2.75) is 53.1 Å². The Hall–Kier alpha value is -1.40. The van der Waals surface area contributed by atoms with Crippen molar-refractivity contribution in [3.05, 3.63) is 35.1 Å². The van der Waals surface area contributed by atoms with E-state index in [1.165, 1.54) is 6.07 Å². The molecule has 1 unspecified atom stereocenters. The molecule has 5 nitrogen and oxygen atoms in total. The monoisotopic (exact) mass is 489 g/mol. The van der Waals surface area contributed by atoms with E-state index in [9.17, 15) is 4.39 Å². The fourth-order valence-electron chi connectivity index (χ4n) is 2.70. The summed E-state index contributed by atoms with van der Waals surface area (Å²) in [6.45, 7) is 12.8. The number of guanidine groups is 1. The van der Waals surface area contributed by atoms with Crippen LogP contribution in [-0.4, -0.2) is 43.1 Å². The highest BCUT2D eigenvalue weighted by Gasteiger charge is 2.08. The van der Waals surface area contributed by atoms with E-state index in [4.69, 9.17) is 5.26 Å². The van der Waals surface area contributed by atoms with E-state index in [2.05, 4.69) is 41.3 Å². The molecule has 0 aliphatic heterocycles. The highest BCUT2D eigenvalue weighted by molar-refractivity contribution is 14.0.